The third kappa shape index (κ3) is 3.99. The van der Waals surface area contributed by atoms with E-state index in [1.807, 2.05) is 31.2 Å². The Morgan fingerprint density at radius 3 is 2.65 bits per heavy atom. The first-order valence-corrected chi connectivity index (χ1v) is 7.12. The first kappa shape index (κ1) is 14.4. The predicted molar refractivity (Wildman–Crippen MR) is 76.3 cm³/mol. The molecule has 1 fully saturated rings. The van der Waals surface area contributed by atoms with Gasteiger partial charge in [-0.3, -0.25) is 4.79 Å². The topological polar surface area (TPSA) is 53.3 Å². The third-order valence-electron chi connectivity index (χ3n) is 3.41. The van der Waals surface area contributed by atoms with E-state index in [0.29, 0.717) is 25.5 Å². The van der Waals surface area contributed by atoms with Gasteiger partial charge in [0.1, 0.15) is 12.3 Å². The van der Waals surface area contributed by atoms with Crippen LogP contribution in [0.2, 0.25) is 0 Å². The van der Waals surface area contributed by atoms with E-state index in [0.717, 1.165) is 24.2 Å². The molecule has 1 aromatic rings. The van der Waals surface area contributed by atoms with E-state index < -0.39 is 0 Å². The van der Waals surface area contributed by atoms with Crippen molar-refractivity contribution < 1.29 is 9.53 Å². The molecule has 4 nitrogen and oxygen atoms in total. The number of carbonyl (C=O) groups excluding carboxylic acids is 1. The Bertz CT molecular complexity index is 486. The van der Waals surface area contributed by atoms with E-state index in [4.69, 9.17) is 10.00 Å². The van der Waals surface area contributed by atoms with E-state index in [1.54, 1.807) is 4.90 Å². The third-order valence-corrected chi connectivity index (χ3v) is 3.41. The lowest BCUT2D eigenvalue weighted by atomic mass is 10.1. The summed E-state index contributed by atoms with van der Waals surface area (Å²) in [6.45, 7) is 2.82. The number of ether oxygens (including phenoxy) is 1. The van der Waals surface area contributed by atoms with Crippen molar-refractivity contribution in [2.75, 3.05) is 13.2 Å². The SMILES string of the molecule is CCOc1ccc(CCC(=O)N(CC#N)C2CC2)cc1. The number of nitriles is 1. The average molecular weight is 272 g/mol. The van der Waals surface area contributed by atoms with Gasteiger partial charge in [-0.25, -0.2) is 0 Å². The van der Waals surface area contributed by atoms with Crippen molar-refractivity contribution in [2.24, 2.45) is 0 Å². The van der Waals surface area contributed by atoms with E-state index in [9.17, 15) is 4.79 Å². The first-order valence-electron chi connectivity index (χ1n) is 7.12. The van der Waals surface area contributed by atoms with Crippen molar-refractivity contribution in [1.82, 2.24) is 4.90 Å². The van der Waals surface area contributed by atoms with Gasteiger partial charge >= 0.3 is 0 Å². The molecule has 0 atom stereocenters. The van der Waals surface area contributed by atoms with E-state index >= 15 is 0 Å². The molecule has 20 heavy (non-hydrogen) atoms. The molecule has 0 N–H and O–H groups in total. The van der Waals surface area contributed by atoms with Gasteiger partial charge in [-0.1, -0.05) is 12.1 Å². The maximum Gasteiger partial charge on any atom is 0.224 e. The van der Waals surface area contributed by atoms with Crippen molar-refractivity contribution in [1.29, 1.82) is 5.26 Å². The van der Waals surface area contributed by atoms with E-state index in [2.05, 4.69) is 6.07 Å². The minimum absolute atomic E-state index is 0.0861. The van der Waals surface area contributed by atoms with Gasteiger partial charge < -0.3 is 9.64 Å². The lowest BCUT2D eigenvalue weighted by molar-refractivity contribution is -0.131. The number of benzene rings is 1. The first-order chi connectivity index (χ1) is 9.74. The van der Waals surface area contributed by atoms with Crippen LogP contribution in [-0.2, 0) is 11.2 Å². The minimum Gasteiger partial charge on any atom is -0.494 e. The Balaban J connectivity index is 1.84. The Morgan fingerprint density at radius 2 is 2.10 bits per heavy atom. The summed E-state index contributed by atoms with van der Waals surface area (Å²) in [5, 5.41) is 8.77. The Morgan fingerprint density at radius 1 is 1.40 bits per heavy atom. The fourth-order valence-corrected chi connectivity index (χ4v) is 2.20. The highest BCUT2D eigenvalue weighted by molar-refractivity contribution is 5.77. The molecule has 0 radical (unpaired) electrons. The van der Waals surface area contributed by atoms with E-state index in [1.165, 1.54) is 0 Å². The van der Waals surface area contributed by atoms with Crippen molar-refractivity contribution in [2.45, 2.75) is 38.6 Å². The van der Waals surface area contributed by atoms with Crippen LogP contribution in [0.1, 0.15) is 31.7 Å². The second kappa shape index (κ2) is 6.95. The van der Waals surface area contributed by atoms with Crippen LogP contribution >= 0.6 is 0 Å². The molecule has 0 aliphatic heterocycles. The zero-order chi connectivity index (χ0) is 14.4. The molecule has 1 aromatic carbocycles. The molecular weight excluding hydrogens is 252 g/mol. The number of amides is 1. The van der Waals surface area contributed by atoms with Crippen LogP contribution in [0.15, 0.2) is 24.3 Å². The molecule has 1 aliphatic carbocycles. The van der Waals surface area contributed by atoms with Gasteiger partial charge in [0.2, 0.25) is 5.91 Å². The van der Waals surface area contributed by atoms with Gasteiger partial charge in [0.15, 0.2) is 0 Å². The molecule has 0 spiro atoms. The summed E-state index contributed by atoms with van der Waals surface area (Å²) in [6, 6.07) is 10.2. The smallest absolute Gasteiger partial charge is 0.224 e. The van der Waals surface area contributed by atoms with Crippen LogP contribution in [0.4, 0.5) is 0 Å². The Hall–Kier alpha value is -2.02. The summed E-state index contributed by atoms with van der Waals surface area (Å²) in [7, 11) is 0. The summed E-state index contributed by atoms with van der Waals surface area (Å²) in [5.74, 6) is 0.939. The number of rotatable bonds is 7. The highest BCUT2D eigenvalue weighted by Gasteiger charge is 2.31. The number of hydrogen-bond acceptors (Lipinski definition) is 3. The van der Waals surface area contributed by atoms with Gasteiger partial charge in [-0.2, -0.15) is 5.26 Å². The highest BCUT2D eigenvalue weighted by Crippen LogP contribution is 2.27. The van der Waals surface area contributed by atoms with Crippen LogP contribution in [0.3, 0.4) is 0 Å². The van der Waals surface area contributed by atoms with Crippen molar-refractivity contribution in [3.63, 3.8) is 0 Å². The quantitative estimate of drug-likeness (QED) is 0.717. The van der Waals surface area contributed by atoms with E-state index in [-0.39, 0.29) is 12.5 Å². The van der Waals surface area contributed by atoms with Crippen molar-refractivity contribution >= 4 is 5.91 Å². The average Bonchev–Trinajstić information content (AvgIpc) is 3.28. The summed E-state index contributed by atoms with van der Waals surface area (Å²) in [4.78, 5) is 13.8. The van der Waals surface area contributed by atoms with Crippen LogP contribution in [-0.4, -0.2) is 30.0 Å². The van der Waals surface area contributed by atoms with Gasteiger partial charge in [0.05, 0.1) is 12.7 Å². The lowest BCUT2D eigenvalue weighted by Gasteiger charge is -2.18. The molecule has 106 valence electrons. The molecular formula is C16H20N2O2. The maximum absolute atomic E-state index is 12.1. The second-order valence-electron chi connectivity index (χ2n) is 4.99. The maximum atomic E-state index is 12.1. The molecule has 1 saturated carbocycles. The van der Waals surface area contributed by atoms with Crippen molar-refractivity contribution in [3.8, 4) is 11.8 Å². The molecule has 1 aliphatic rings. The lowest BCUT2D eigenvalue weighted by Crippen LogP contribution is -2.33. The molecule has 2 rings (SSSR count). The van der Waals surface area contributed by atoms with Crippen LogP contribution < -0.4 is 4.74 Å². The normalized spacial score (nSPS) is 13.6. The fraction of sp³-hybridized carbons (Fsp3) is 0.500. The van der Waals surface area contributed by atoms with Gasteiger partial charge in [0, 0.05) is 12.5 Å². The van der Waals surface area contributed by atoms with Crippen molar-refractivity contribution in [3.05, 3.63) is 29.8 Å². The minimum atomic E-state index is 0.0861. The largest absolute Gasteiger partial charge is 0.494 e. The fourth-order valence-electron chi connectivity index (χ4n) is 2.20. The predicted octanol–water partition coefficient (Wildman–Crippen LogP) is 2.53. The van der Waals surface area contributed by atoms with Crippen LogP contribution in [0.5, 0.6) is 5.75 Å². The Labute approximate surface area is 120 Å². The zero-order valence-electron chi connectivity index (χ0n) is 11.8. The number of hydrogen-bond donors (Lipinski definition) is 0. The number of aryl methyl sites for hydroxylation is 1. The second-order valence-corrected chi connectivity index (χ2v) is 4.99. The summed E-state index contributed by atoms with van der Waals surface area (Å²) in [6.07, 6.45) is 3.25. The molecule has 0 heterocycles. The van der Waals surface area contributed by atoms with Gasteiger partial charge in [0.25, 0.3) is 0 Å². The molecule has 4 heteroatoms. The summed E-state index contributed by atoms with van der Waals surface area (Å²) < 4.78 is 5.39. The van der Waals surface area contributed by atoms with Gasteiger partial charge in [-0.15, -0.1) is 0 Å². The molecule has 0 aromatic heterocycles. The summed E-state index contributed by atoms with van der Waals surface area (Å²) in [5.41, 5.74) is 1.12. The zero-order valence-corrected chi connectivity index (χ0v) is 11.8. The van der Waals surface area contributed by atoms with Gasteiger partial charge in [-0.05, 0) is 43.9 Å². The monoisotopic (exact) mass is 272 g/mol. The molecule has 0 unspecified atom stereocenters. The van der Waals surface area contributed by atoms with Crippen LogP contribution in [0.25, 0.3) is 0 Å². The standard InChI is InChI=1S/C16H20N2O2/c1-2-20-15-8-3-13(4-9-15)5-10-16(19)18(12-11-17)14-6-7-14/h3-4,8-9,14H,2,5-7,10,12H2,1H3. The molecule has 0 bridgehead atoms. The highest BCUT2D eigenvalue weighted by atomic mass is 16.5. The molecule has 1 amide bonds. The number of nitrogens with zero attached hydrogens (tertiary/aromatic N) is 2. The summed E-state index contributed by atoms with van der Waals surface area (Å²) >= 11 is 0. The number of carbonyl (C=O) groups is 1. The molecule has 0 saturated heterocycles. The van der Waals surface area contributed by atoms with Crippen LogP contribution in [0, 0.1) is 11.3 Å². The Kier molecular flexibility index (Phi) is 5.00.